The average Bonchev–Trinajstić information content (AvgIpc) is 2.44. The first-order chi connectivity index (χ1) is 9.63. The van der Waals surface area contributed by atoms with Crippen LogP contribution in [-0.4, -0.2) is 33.3 Å². The number of rotatable bonds is 8. The summed E-state index contributed by atoms with van der Waals surface area (Å²) in [5, 5.41) is 3.65. The van der Waals surface area contributed by atoms with E-state index < -0.39 is 0 Å². The number of esters is 1. The summed E-state index contributed by atoms with van der Waals surface area (Å²) in [6, 6.07) is 3.66. The highest BCUT2D eigenvalue weighted by Gasteiger charge is 2.12. The third kappa shape index (κ3) is 4.58. The molecule has 1 aromatic carbocycles. The number of ether oxygens (including phenoxy) is 3. The number of nitrogens with one attached hydrogen (secondary N) is 1. The molecule has 112 valence electrons. The van der Waals surface area contributed by atoms with Gasteiger partial charge in [-0.05, 0) is 18.6 Å². The minimum absolute atomic E-state index is 0.210. The van der Waals surface area contributed by atoms with Gasteiger partial charge < -0.3 is 19.5 Å². The molecule has 1 N–H and O–H groups in total. The Morgan fingerprint density at radius 3 is 2.65 bits per heavy atom. The van der Waals surface area contributed by atoms with Gasteiger partial charge in [0.2, 0.25) is 0 Å². The maximum atomic E-state index is 11.2. The molecule has 0 unspecified atom stereocenters. The molecule has 0 bridgehead atoms. The molecule has 0 spiro atoms. The van der Waals surface area contributed by atoms with Crippen molar-refractivity contribution in [3.63, 3.8) is 0 Å². The van der Waals surface area contributed by atoms with Crippen molar-refractivity contribution < 1.29 is 19.0 Å². The van der Waals surface area contributed by atoms with Crippen LogP contribution in [0, 0.1) is 0 Å². The maximum absolute atomic E-state index is 11.2. The molecule has 6 heteroatoms. The monoisotopic (exact) mass is 301 g/mol. The Morgan fingerprint density at radius 2 is 2.05 bits per heavy atom. The molecular weight excluding hydrogens is 282 g/mol. The van der Waals surface area contributed by atoms with Crippen molar-refractivity contribution >= 4 is 17.6 Å². The molecule has 0 fully saturated rings. The molecule has 0 saturated carbocycles. The summed E-state index contributed by atoms with van der Waals surface area (Å²) in [6.45, 7) is 3.26. The normalized spacial score (nSPS) is 10.2. The van der Waals surface area contributed by atoms with Crippen LogP contribution in [0.2, 0.25) is 5.02 Å². The van der Waals surface area contributed by atoms with Gasteiger partial charge in [-0.1, -0.05) is 17.7 Å². The van der Waals surface area contributed by atoms with Crippen LogP contribution in [0.15, 0.2) is 12.1 Å². The SMILES string of the molecule is CCOC(=O)CCNCc1ccc(OC)c(OC)c1Cl. The van der Waals surface area contributed by atoms with Crippen molar-refractivity contribution in [1.82, 2.24) is 5.32 Å². The lowest BCUT2D eigenvalue weighted by Crippen LogP contribution is -2.19. The fourth-order valence-corrected chi connectivity index (χ4v) is 2.01. The molecule has 0 radical (unpaired) electrons. The van der Waals surface area contributed by atoms with E-state index in [1.807, 2.05) is 6.07 Å². The first-order valence-electron chi connectivity index (χ1n) is 6.39. The minimum atomic E-state index is -0.210. The Labute approximate surface area is 124 Å². The summed E-state index contributed by atoms with van der Waals surface area (Å²) in [6.07, 6.45) is 0.332. The highest BCUT2D eigenvalue weighted by Crippen LogP contribution is 2.37. The number of halogens is 1. The number of hydrogen-bond acceptors (Lipinski definition) is 5. The van der Waals surface area contributed by atoms with Crippen molar-refractivity contribution in [3.05, 3.63) is 22.7 Å². The lowest BCUT2D eigenvalue weighted by Gasteiger charge is -2.13. The second-order valence-electron chi connectivity index (χ2n) is 4.01. The van der Waals surface area contributed by atoms with Crippen LogP contribution in [-0.2, 0) is 16.1 Å². The Balaban J connectivity index is 2.54. The standard InChI is InChI=1S/C14H20ClNO4/c1-4-20-12(17)7-8-16-9-10-5-6-11(18-2)14(19-3)13(10)15/h5-6,16H,4,7-9H2,1-3H3. The summed E-state index contributed by atoms with van der Waals surface area (Å²) in [4.78, 5) is 11.2. The molecule has 0 aromatic heterocycles. The van der Waals surface area contributed by atoms with E-state index in [-0.39, 0.29) is 5.97 Å². The van der Waals surface area contributed by atoms with Gasteiger partial charge in [0.1, 0.15) is 0 Å². The lowest BCUT2D eigenvalue weighted by atomic mass is 10.2. The zero-order valence-electron chi connectivity index (χ0n) is 12.0. The Bertz CT molecular complexity index is 451. The van der Waals surface area contributed by atoms with Crippen molar-refractivity contribution in [3.8, 4) is 11.5 Å². The zero-order chi connectivity index (χ0) is 15.0. The summed E-state index contributed by atoms with van der Waals surface area (Å²) in [5.74, 6) is 0.894. The van der Waals surface area contributed by atoms with Crippen molar-refractivity contribution in [2.45, 2.75) is 19.9 Å². The molecule has 0 atom stereocenters. The summed E-state index contributed by atoms with van der Waals surface area (Å²) < 4.78 is 15.2. The number of hydrogen-bond donors (Lipinski definition) is 1. The van der Waals surface area contributed by atoms with Gasteiger partial charge in [0.25, 0.3) is 0 Å². The van der Waals surface area contributed by atoms with E-state index in [0.717, 1.165) is 5.56 Å². The highest BCUT2D eigenvalue weighted by atomic mass is 35.5. The predicted octanol–water partition coefficient (Wildman–Crippen LogP) is 2.40. The lowest BCUT2D eigenvalue weighted by molar-refractivity contribution is -0.142. The van der Waals surface area contributed by atoms with Gasteiger partial charge >= 0.3 is 5.97 Å². The van der Waals surface area contributed by atoms with Crippen LogP contribution in [0.4, 0.5) is 0 Å². The van der Waals surface area contributed by atoms with Gasteiger partial charge in [-0.25, -0.2) is 0 Å². The van der Waals surface area contributed by atoms with Gasteiger partial charge in [-0.2, -0.15) is 0 Å². The molecule has 0 aliphatic heterocycles. The predicted molar refractivity (Wildman–Crippen MR) is 77.5 cm³/mol. The summed E-state index contributed by atoms with van der Waals surface area (Å²) >= 11 is 6.25. The van der Waals surface area contributed by atoms with Gasteiger partial charge in [0, 0.05) is 13.1 Å². The Kier molecular flexibility index (Phi) is 7.18. The zero-order valence-corrected chi connectivity index (χ0v) is 12.8. The molecule has 0 amide bonds. The van der Waals surface area contributed by atoms with E-state index in [1.165, 1.54) is 0 Å². The largest absolute Gasteiger partial charge is 0.493 e. The third-order valence-corrected chi connectivity index (χ3v) is 3.11. The van der Waals surface area contributed by atoms with E-state index in [4.69, 9.17) is 25.8 Å². The molecule has 0 aliphatic rings. The first kappa shape index (κ1) is 16.6. The van der Waals surface area contributed by atoms with E-state index >= 15 is 0 Å². The van der Waals surface area contributed by atoms with Crippen LogP contribution < -0.4 is 14.8 Å². The van der Waals surface area contributed by atoms with E-state index in [9.17, 15) is 4.79 Å². The second kappa shape index (κ2) is 8.66. The molecule has 20 heavy (non-hydrogen) atoms. The van der Waals surface area contributed by atoms with Gasteiger partial charge in [0.05, 0.1) is 32.3 Å². The quantitative estimate of drug-likeness (QED) is 0.590. The molecular formula is C14H20ClNO4. The van der Waals surface area contributed by atoms with E-state index in [2.05, 4.69) is 5.32 Å². The molecule has 1 aromatic rings. The van der Waals surface area contributed by atoms with Crippen LogP contribution in [0.25, 0.3) is 0 Å². The van der Waals surface area contributed by atoms with Crippen molar-refractivity contribution in [2.24, 2.45) is 0 Å². The number of carbonyl (C=O) groups excluding carboxylic acids is 1. The summed E-state index contributed by atoms with van der Waals surface area (Å²) in [7, 11) is 3.10. The third-order valence-electron chi connectivity index (χ3n) is 2.69. The molecule has 5 nitrogen and oxygen atoms in total. The molecule has 0 heterocycles. The Hall–Kier alpha value is -1.46. The number of methoxy groups -OCH3 is 2. The molecule has 0 saturated heterocycles. The number of benzene rings is 1. The fraction of sp³-hybridized carbons (Fsp3) is 0.500. The van der Waals surface area contributed by atoms with Crippen molar-refractivity contribution in [2.75, 3.05) is 27.4 Å². The van der Waals surface area contributed by atoms with E-state index in [1.54, 1.807) is 27.2 Å². The number of carbonyl (C=O) groups is 1. The van der Waals surface area contributed by atoms with Gasteiger partial charge in [-0.15, -0.1) is 0 Å². The van der Waals surface area contributed by atoms with E-state index in [0.29, 0.717) is 42.6 Å². The highest BCUT2D eigenvalue weighted by molar-refractivity contribution is 6.33. The average molecular weight is 302 g/mol. The van der Waals surface area contributed by atoms with Gasteiger partial charge in [-0.3, -0.25) is 4.79 Å². The van der Waals surface area contributed by atoms with Crippen LogP contribution in [0.1, 0.15) is 18.9 Å². The molecule has 0 aliphatic carbocycles. The van der Waals surface area contributed by atoms with Gasteiger partial charge in [0.15, 0.2) is 11.5 Å². The minimum Gasteiger partial charge on any atom is -0.493 e. The smallest absolute Gasteiger partial charge is 0.307 e. The van der Waals surface area contributed by atoms with Crippen LogP contribution in [0.3, 0.4) is 0 Å². The van der Waals surface area contributed by atoms with Crippen molar-refractivity contribution in [1.29, 1.82) is 0 Å². The second-order valence-corrected chi connectivity index (χ2v) is 4.38. The topological polar surface area (TPSA) is 56.8 Å². The molecule has 1 rings (SSSR count). The fourth-order valence-electron chi connectivity index (χ4n) is 1.71. The van der Waals surface area contributed by atoms with Crippen LogP contribution >= 0.6 is 11.6 Å². The first-order valence-corrected chi connectivity index (χ1v) is 6.77. The summed E-state index contributed by atoms with van der Waals surface area (Å²) in [5.41, 5.74) is 0.883. The maximum Gasteiger partial charge on any atom is 0.307 e. The van der Waals surface area contributed by atoms with Crippen LogP contribution in [0.5, 0.6) is 11.5 Å². The Morgan fingerprint density at radius 1 is 1.30 bits per heavy atom.